The molecular weight excluding hydrogens is 348 g/mol. The van der Waals surface area contributed by atoms with Gasteiger partial charge in [0.1, 0.15) is 0 Å². The van der Waals surface area contributed by atoms with E-state index in [4.69, 9.17) is 0 Å². The van der Waals surface area contributed by atoms with Gasteiger partial charge in [0.2, 0.25) is 0 Å². The lowest BCUT2D eigenvalue weighted by atomic mass is 10.1. The molecule has 0 spiro atoms. The normalized spacial score (nSPS) is 11.5. The second kappa shape index (κ2) is 9.00. The second-order valence-electron chi connectivity index (χ2n) is 6.85. The van der Waals surface area contributed by atoms with Crippen LogP contribution in [0, 0.1) is 6.92 Å². The maximum absolute atomic E-state index is 12.4. The third kappa shape index (κ3) is 5.07. The van der Waals surface area contributed by atoms with Crippen molar-refractivity contribution in [1.29, 1.82) is 0 Å². The molecule has 0 aliphatic carbocycles. The molecular formula is C24H24N2O2. The van der Waals surface area contributed by atoms with Crippen molar-refractivity contribution in [3.63, 3.8) is 0 Å². The number of hydrogen-bond acceptors (Lipinski definition) is 2. The molecule has 0 aliphatic rings. The van der Waals surface area contributed by atoms with Crippen LogP contribution in [0.3, 0.4) is 0 Å². The number of carbonyl (C=O) groups excluding carboxylic acids is 2. The zero-order valence-corrected chi connectivity index (χ0v) is 16.1. The SMILES string of the molecule is Cc1ccc(CNC(=O)c2ccc(C(=O)NC(C)c3ccccc3)cc2)cc1. The van der Waals surface area contributed by atoms with Crippen molar-refractivity contribution in [3.8, 4) is 0 Å². The molecule has 1 atom stereocenters. The highest BCUT2D eigenvalue weighted by Crippen LogP contribution is 2.13. The average molecular weight is 372 g/mol. The molecule has 3 rings (SSSR count). The predicted molar refractivity (Wildman–Crippen MR) is 111 cm³/mol. The van der Waals surface area contributed by atoms with Crippen molar-refractivity contribution < 1.29 is 9.59 Å². The van der Waals surface area contributed by atoms with Gasteiger partial charge in [0.15, 0.2) is 0 Å². The van der Waals surface area contributed by atoms with Crippen LogP contribution in [-0.2, 0) is 6.54 Å². The molecule has 142 valence electrons. The minimum atomic E-state index is -0.164. The van der Waals surface area contributed by atoms with Crippen LogP contribution >= 0.6 is 0 Å². The number of benzene rings is 3. The summed E-state index contributed by atoms with van der Waals surface area (Å²) in [6.45, 7) is 4.44. The first-order chi connectivity index (χ1) is 13.5. The fourth-order valence-corrected chi connectivity index (χ4v) is 2.87. The van der Waals surface area contributed by atoms with Gasteiger partial charge in [-0.25, -0.2) is 0 Å². The van der Waals surface area contributed by atoms with Crippen molar-refractivity contribution >= 4 is 11.8 Å². The van der Waals surface area contributed by atoms with Crippen molar-refractivity contribution in [3.05, 3.63) is 107 Å². The average Bonchev–Trinajstić information content (AvgIpc) is 2.73. The number of amides is 2. The Morgan fingerprint density at radius 3 is 1.96 bits per heavy atom. The minimum Gasteiger partial charge on any atom is -0.348 e. The van der Waals surface area contributed by atoms with Crippen molar-refractivity contribution in [1.82, 2.24) is 10.6 Å². The predicted octanol–water partition coefficient (Wildman–Crippen LogP) is 4.42. The summed E-state index contributed by atoms with van der Waals surface area (Å²) in [7, 11) is 0. The summed E-state index contributed by atoms with van der Waals surface area (Å²) in [4.78, 5) is 24.8. The number of hydrogen-bond donors (Lipinski definition) is 2. The van der Waals surface area contributed by atoms with Crippen molar-refractivity contribution in [2.45, 2.75) is 26.4 Å². The maximum Gasteiger partial charge on any atom is 0.251 e. The maximum atomic E-state index is 12.4. The van der Waals surface area contributed by atoms with E-state index in [1.165, 1.54) is 5.56 Å². The third-order valence-corrected chi connectivity index (χ3v) is 4.63. The summed E-state index contributed by atoms with van der Waals surface area (Å²) in [5.41, 5.74) is 4.33. The molecule has 3 aromatic rings. The summed E-state index contributed by atoms with van der Waals surface area (Å²) >= 11 is 0. The fraction of sp³-hybridized carbons (Fsp3) is 0.167. The van der Waals surface area contributed by atoms with E-state index in [0.29, 0.717) is 17.7 Å². The van der Waals surface area contributed by atoms with E-state index in [9.17, 15) is 9.59 Å². The van der Waals surface area contributed by atoms with Gasteiger partial charge < -0.3 is 10.6 Å². The van der Waals surface area contributed by atoms with Crippen LogP contribution in [0.4, 0.5) is 0 Å². The molecule has 0 aliphatic heterocycles. The number of carbonyl (C=O) groups is 2. The van der Waals surface area contributed by atoms with Crippen LogP contribution in [-0.4, -0.2) is 11.8 Å². The van der Waals surface area contributed by atoms with Crippen LogP contribution in [0.2, 0.25) is 0 Å². The Labute approximate surface area is 165 Å². The lowest BCUT2D eigenvalue weighted by Gasteiger charge is -2.14. The number of aryl methyl sites for hydroxylation is 1. The van der Waals surface area contributed by atoms with E-state index in [2.05, 4.69) is 10.6 Å². The largest absolute Gasteiger partial charge is 0.348 e. The zero-order chi connectivity index (χ0) is 19.9. The standard InChI is InChI=1S/C24H24N2O2/c1-17-8-10-19(11-9-17)16-25-23(27)21-12-14-22(15-13-21)24(28)26-18(2)20-6-4-3-5-7-20/h3-15,18H,16H2,1-2H3,(H,25,27)(H,26,28). The Kier molecular flexibility index (Phi) is 6.22. The van der Waals surface area contributed by atoms with Crippen LogP contribution in [0.5, 0.6) is 0 Å². The topological polar surface area (TPSA) is 58.2 Å². The smallest absolute Gasteiger partial charge is 0.251 e. The number of rotatable bonds is 6. The molecule has 0 bridgehead atoms. The highest BCUT2D eigenvalue weighted by molar-refractivity contribution is 5.97. The summed E-state index contributed by atoms with van der Waals surface area (Å²) in [6, 6.07) is 24.4. The van der Waals surface area contributed by atoms with E-state index in [0.717, 1.165) is 11.1 Å². The quantitative estimate of drug-likeness (QED) is 0.673. The Balaban J connectivity index is 1.57. The first kappa shape index (κ1) is 19.4. The Hall–Kier alpha value is -3.40. The zero-order valence-electron chi connectivity index (χ0n) is 16.1. The van der Waals surface area contributed by atoms with E-state index >= 15 is 0 Å². The Bertz CT molecular complexity index is 933. The first-order valence-electron chi connectivity index (χ1n) is 9.32. The first-order valence-corrected chi connectivity index (χ1v) is 9.32. The van der Waals surface area contributed by atoms with Crippen molar-refractivity contribution in [2.24, 2.45) is 0 Å². The van der Waals surface area contributed by atoms with Gasteiger partial charge in [-0.1, -0.05) is 60.2 Å². The lowest BCUT2D eigenvalue weighted by Crippen LogP contribution is -2.27. The highest BCUT2D eigenvalue weighted by atomic mass is 16.2. The molecule has 2 N–H and O–H groups in total. The molecule has 4 heteroatoms. The molecule has 0 heterocycles. The third-order valence-electron chi connectivity index (χ3n) is 4.63. The number of nitrogens with one attached hydrogen (secondary N) is 2. The Morgan fingerprint density at radius 2 is 1.36 bits per heavy atom. The molecule has 0 saturated carbocycles. The van der Waals surface area contributed by atoms with Gasteiger partial charge in [-0.2, -0.15) is 0 Å². The van der Waals surface area contributed by atoms with Gasteiger partial charge >= 0.3 is 0 Å². The highest BCUT2D eigenvalue weighted by Gasteiger charge is 2.12. The summed E-state index contributed by atoms with van der Waals surface area (Å²) in [5.74, 6) is -0.326. The molecule has 0 fully saturated rings. The molecule has 0 radical (unpaired) electrons. The van der Waals surface area contributed by atoms with Gasteiger partial charge in [0, 0.05) is 17.7 Å². The fourth-order valence-electron chi connectivity index (χ4n) is 2.87. The summed E-state index contributed by atoms with van der Waals surface area (Å²) in [6.07, 6.45) is 0. The Morgan fingerprint density at radius 1 is 0.786 bits per heavy atom. The molecule has 2 amide bonds. The minimum absolute atomic E-state index is 0.0915. The van der Waals surface area contributed by atoms with E-state index < -0.39 is 0 Å². The van der Waals surface area contributed by atoms with Crippen LogP contribution in [0.25, 0.3) is 0 Å². The molecule has 4 nitrogen and oxygen atoms in total. The molecule has 0 aromatic heterocycles. The monoisotopic (exact) mass is 372 g/mol. The lowest BCUT2D eigenvalue weighted by molar-refractivity contribution is 0.0932. The van der Waals surface area contributed by atoms with Gasteiger partial charge in [-0.15, -0.1) is 0 Å². The second-order valence-corrected chi connectivity index (χ2v) is 6.85. The van der Waals surface area contributed by atoms with E-state index in [1.807, 2.05) is 68.4 Å². The molecule has 1 unspecified atom stereocenters. The van der Waals surface area contributed by atoms with E-state index in [-0.39, 0.29) is 17.9 Å². The van der Waals surface area contributed by atoms with Gasteiger partial charge in [0.05, 0.1) is 6.04 Å². The van der Waals surface area contributed by atoms with E-state index in [1.54, 1.807) is 24.3 Å². The molecule has 28 heavy (non-hydrogen) atoms. The summed E-state index contributed by atoms with van der Waals surface area (Å²) in [5, 5.41) is 5.87. The van der Waals surface area contributed by atoms with Crippen molar-refractivity contribution in [2.75, 3.05) is 0 Å². The van der Waals surface area contributed by atoms with Gasteiger partial charge in [-0.3, -0.25) is 9.59 Å². The molecule has 3 aromatic carbocycles. The van der Waals surface area contributed by atoms with Crippen LogP contribution < -0.4 is 10.6 Å². The van der Waals surface area contributed by atoms with Gasteiger partial charge in [-0.05, 0) is 49.2 Å². The van der Waals surface area contributed by atoms with Crippen LogP contribution in [0.15, 0.2) is 78.9 Å². The van der Waals surface area contributed by atoms with Crippen LogP contribution in [0.1, 0.15) is 50.4 Å². The molecule has 0 saturated heterocycles. The van der Waals surface area contributed by atoms with Gasteiger partial charge in [0.25, 0.3) is 11.8 Å². The summed E-state index contributed by atoms with van der Waals surface area (Å²) < 4.78 is 0.